The van der Waals surface area contributed by atoms with E-state index in [-0.39, 0.29) is 6.10 Å². The lowest BCUT2D eigenvalue weighted by atomic mass is 10.2. The van der Waals surface area contributed by atoms with Gasteiger partial charge in [0, 0.05) is 5.57 Å². The Hall–Kier alpha value is -0.870. The van der Waals surface area contributed by atoms with Gasteiger partial charge in [-0.25, -0.2) is 4.79 Å². The number of carbonyl (C=O) groups is 1. The molecule has 0 aromatic rings. The minimum absolute atomic E-state index is 0.282. The van der Waals surface area contributed by atoms with Gasteiger partial charge < -0.3 is 14.6 Å². The minimum Gasteiger partial charge on any atom is -0.478 e. The molecule has 0 radical (unpaired) electrons. The fourth-order valence-electron chi connectivity index (χ4n) is 0.825. The Morgan fingerprint density at radius 2 is 2.46 bits per heavy atom. The summed E-state index contributed by atoms with van der Waals surface area (Å²) in [5, 5.41) is 8.51. The van der Waals surface area contributed by atoms with Gasteiger partial charge in [-0.2, -0.15) is 0 Å². The molecule has 1 heterocycles. The Balaban J connectivity index is 1.98. The van der Waals surface area contributed by atoms with E-state index in [9.17, 15) is 4.79 Å². The number of epoxide rings is 1. The van der Waals surface area contributed by atoms with Gasteiger partial charge in [0.2, 0.25) is 0 Å². The maximum Gasteiger partial charge on any atom is 0.330 e. The molecule has 13 heavy (non-hydrogen) atoms. The fourth-order valence-corrected chi connectivity index (χ4v) is 0.825. The van der Waals surface area contributed by atoms with Crippen LogP contribution in [0.4, 0.5) is 0 Å². The summed E-state index contributed by atoms with van der Waals surface area (Å²) in [5.74, 6) is -0.870. The summed E-state index contributed by atoms with van der Waals surface area (Å²) >= 11 is 0. The summed E-state index contributed by atoms with van der Waals surface area (Å²) in [6.07, 6.45) is 2.59. The predicted molar refractivity (Wildman–Crippen MR) is 46.6 cm³/mol. The van der Waals surface area contributed by atoms with E-state index in [4.69, 9.17) is 14.6 Å². The molecule has 1 atom stereocenters. The van der Waals surface area contributed by atoms with Crippen LogP contribution in [-0.2, 0) is 14.3 Å². The number of carboxylic acid groups (broad SMARTS) is 1. The van der Waals surface area contributed by atoms with Gasteiger partial charge >= 0.3 is 5.97 Å². The molecule has 0 aromatic heterocycles. The van der Waals surface area contributed by atoms with Crippen LogP contribution in [0.25, 0.3) is 0 Å². The first kappa shape index (κ1) is 10.2. The molecule has 1 saturated heterocycles. The van der Waals surface area contributed by atoms with Crippen molar-refractivity contribution in [3.8, 4) is 0 Å². The van der Waals surface area contributed by atoms with Crippen LogP contribution in [0.2, 0.25) is 0 Å². The molecule has 4 heteroatoms. The molecule has 1 aliphatic heterocycles. The maximum absolute atomic E-state index is 10.4. The van der Waals surface area contributed by atoms with Gasteiger partial charge in [0.1, 0.15) is 6.10 Å². The fraction of sp³-hybridized carbons (Fsp3) is 0.667. The Bertz CT molecular complexity index is 206. The standard InChI is InChI=1S/C9H14O4/c1-7(9(10)11)3-2-4-12-5-8-6-13-8/h3,8H,2,4-6H2,1H3,(H,10,11). The van der Waals surface area contributed by atoms with E-state index >= 15 is 0 Å². The average Bonchev–Trinajstić information content (AvgIpc) is 2.87. The van der Waals surface area contributed by atoms with E-state index < -0.39 is 5.97 Å². The molecule has 1 fully saturated rings. The van der Waals surface area contributed by atoms with Crippen molar-refractivity contribution in [2.24, 2.45) is 0 Å². The zero-order valence-corrected chi connectivity index (χ0v) is 7.66. The molecule has 0 amide bonds. The number of carboxylic acids is 1. The Morgan fingerprint density at radius 3 is 3.00 bits per heavy atom. The van der Waals surface area contributed by atoms with E-state index in [2.05, 4.69) is 0 Å². The molecule has 74 valence electrons. The molecule has 0 bridgehead atoms. The lowest BCUT2D eigenvalue weighted by Crippen LogP contribution is -2.02. The molecule has 4 nitrogen and oxygen atoms in total. The average molecular weight is 186 g/mol. The molecule has 1 rings (SSSR count). The van der Waals surface area contributed by atoms with E-state index in [0.717, 1.165) is 6.61 Å². The molecule has 1 unspecified atom stereocenters. The quantitative estimate of drug-likeness (QED) is 0.379. The summed E-state index contributed by atoms with van der Waals surface area (Å²) in [7, 11) is 0. The number of rotatable bonds is 6. The van der Waals surface area contributed by atoms with Crippen molar-refractivity contribution in [1.29, 1.82) is 0 Å². The predicted octanol–water partition coefficient (Wildman–Crippen LogP) is 0.823. The zero-order chi connectivity index (χ0) is 9.68. The van der Waals surface area contributed by atoms with Crippen LogP contribution >= 0.6 is 0 Å². The van der Waals surface area contributed by atoms with Crippen molar-refractivity contribution in [1.82, 2.24) is 0 Å². The summed E-state index contributed by atoms with van der Waals surface area (Å²) in [6.45, 7) is 3.56. The number of ether oxygens (including phenoxy) is 2. The monoisotopic (exact) mass is 186 g/mol. The normalized spacial score (nSPS) is 21.6. The van der Waals surface area contributed by atoms with Gasteiger partial charge in [0.25, 0.3) is 0 Å². The van der Waals surface area contributed by atoms with Gasteiger partial charge in [-0.1, -0.05) is 6.08 Å². The van der Waals surface area contributed by atoms with Crippen molar-refractivity contribution >= 4 is 5.97 Å². The Kier molecular flexibility index (Phi) is 3.92. The molecule has 0 aliphatic carbocycles. The summed E-state index contributed by atoms with van der Waals surface area (Å²) in [6, 6.07) is 0. The van der Waals surface area contributed by atoms with Gasteiger partial charge in [0.15, 0.2) is 0 Å². The molecule has 0 saturated carbocycles. The lowest BCUT2D eigenvalue weighted by molar-refractivity contribution is -0.132. The van der Waals surface area contributed by atoms with Crippen LogP contribution in [0.1, 0.15) is 13.3 Å². The van der Waals surface area contributed by atoms with Crippen molar-refractivity contribution in [2.75, 3.05) is 19.8 Å². The summed E-state index contributed by atoms with van der Waals surface area (Å²) < 4.78 is 10.2. The van der Waals surface area contributed by atoms with Gasteiger partial charge in [-0.3, -0.25) is 0 Å². The van der Waals surface area contributed by atoms with Crippen LogP contribution in [0.15, 0.2) is 11.6 Å². The van der Waals surface area contributed by atoms with Gasteiger partial charge in [0.05, 0.1) is 19.8 Å². The minimum atomic E-state index is -0.870. The third-order valence-electron chi connectivity index (χ3n) is 1.76. The Labute approximate surface area is 77.1 Å². The van der Waals surface area contributed by atoms with E-state index in [1.165, 1.54) is 0 Å². The van der Waals surface area contributed by atoms with Crippen molar-refractivity contribution in [3.05, 3.63) is 11.6 Å². The maximum atomic E-state index is 10.4. The van der Waals surface area contributed by atoms with E-state index in [0.29, 0.717) is 25.2 Å². The SMILES string of the molecule is CC(=CCCOCC1CO1)C(=O)O. The molecular formula is C9H14O4. The third kappa shape index (κ3) is 4.65. The smallest absolute Gasteiger partial charge is 0.330 e. The first-order chi connectivity index (χ1) is 6.20. The Morgan fingerprint density at radius 1 is 1.77 bits per heavy atom. The number of hydrogen-bond acceptors (Lipinski definition) is 3. The molecular weight excluding hydrogens is 172 g/mol. The second kappa shape index (κ2) is 4.99. The van der Waals surface area contributed by atoms with Crippen LogP contribution in [0.3, 0.4) is 0 Å². The van der Waals surface area contributed by atoms with Crippen molar-refractivity contribution in [2.45, 2.75) is 19.4 Å². The van der Waals surface area contributed by atoms with E-state index in [1.54, 1.807) is 13.0 Å². The van der Waals surface area contributed by atoms with Gasteiger partial charge in [-0.15, -0.1) is 0 Å². The number of aliphatic carboxylic acids is 1. The topological polar surface area (TPSA) is 59.1 Å². The van der Waals surface area contributed by atoms with Crippen LogP contribution < -0.4 is 0 Å². The highest BCUT2D eigenvalue weighted by atomic mass is 16.6. The summed E-state index contributed by atoms with van der Waals surface area (Å²) in [4.78, 5) is 10.4. The zero-order valence-electron chi connectivity index (χ0n) is 7.66. The highest BCUT2D eigenvalue weighted by molar-refractivity contribution is 5.85. The highest BCUT2D eigenvalue weighted by Gasteiger charge is 2.21. The molecule has 0 spiro atoms. The highest BCUT2D eigenvalue weighted by Crippen LogP contribution is 2.08. The van der Waals surface area contributed by atoms with Crippen LogP contribution in [0.5, 0.6) is 0 Å². The third-order valence-corrected chi connectivity index (χ3v) is 1.76. The molecule has 0 aromatic carbocycles. The number of hydrogen-bond donors (Lipinski definition) is 1. The lowest BCUT2D eigenvalue weighted by Gasteiger charge is -1.98. The van der Waals surface area contributed by atoms with Gasteiger partial charge in [-0.05, 0) is 13.3 Å². The first-order valence-electron chi connectivity index (χ1n) is 4.29. The van der Waals surface area contributed by atoms with Crippen LogP contribution in [0, 0.1) is 0 Å². The molecule has 1 N–H and O–H groups in total. The second-order valence-electron chi connectivity index (χ2n) is 3.01. The van der Waals surface area contributed by atoms with E-state index in [1.807, 2.05) is 0 Å². The summed E-state index contributed by atoms with van der Waals surface area (Å²) in [5.41, 5.74) is 0.367. The largest absolute Gasteiger partial charge is 0.478 e. The van der Waals surface area contributed by atoms with Crippen molar-refractivity contribution in [3.63, 3.8) is 0 Å². The second-order valence-corrected chi connectivity index (χ2v) is 3.01. The molecule has 1 aliphatic rings. The van der Waals surface area contributed by atoms with Crippen molar-refractivity contribution < 1.29 is 19.4 Å². The van der Waals surface area contributed by atoms with Crippen LogP contribution in [-0.4, -0.2) is 37.0 Å². The first-order valence-corrected chi connectivity index (χ1v) is 4.29.